The van der Waals surface area contributed by atoms with Crippen LogP contribution in [0.2, 0.25) is 10.0 Å². The first-order valence-electron chi connectivity index (χ1n) is 6.33. The van der Waals surface area contributed by atoms with Crippen molar-refractivity contribution in [2.75, 3.05) is 12.3 Å². The van der Waals surface area contributed by atoms with Crippen LogP contribution in [0.15, 0.2) is 28.7 Å². The molecule has 0 aromatic heterocycles. The molecular formula is C13H16Cl2N2O2S. The van der Waals surface area contributed by atoms with Crippen molar-refractivity contribution in [2.24, 2.45) is 0 Å². The highest BCUT2D eigenvalue weighted by Crippen LogP contribution is 2.33. The van der Waals surface area contributed by atoms with Crippen molar-refractivity contribution in [3.05, 3.63) is 33.8 Å². The smallest absolute Gasteiger partial charge is 0.242 e. The van der Waals surface area contributed by atoms with Gasteiger partial charge in [0.1, 0.15) is 4.90 Å². The highest BCUT2D eigenvalue weighted by atomic mass is 35.5. The summed E-state index contributed by atoms with van der Waals surface area (Å²) in [4.78, 5) is -0.0403. The number of hydrogen-bond donors (Lipinski definition) is 2. The number of benzene rings is 1. The van der Waals surface area contributed by atoms with E-state index in [0.29, 0.717) is 6.54 Å². The minimum atomic E-state index is -3.67. The second-order valence-corrected chi connectivity index (χ2v) is 7.20. The van der Waals surface area contributed by atoms with Gasteiger partial charge in [0.2, 0.25) is 10.0 Å². The van der Waals surface area contributed by atoms with Crippen LogP contribution in [0.25, 0.3) is 0 Å². The van der Waals surface area contributed by atoms with Crippen LogP contribution in [-0.2, 0) is 10.0 Å². The Morgan fingerprint density at radius 2 is 2.05 bits per heavy atom. The molecule has 1 aliphatic rings. The van der Waals surface area contributed by atoms with Gasteiger partial charge >= 0.3 is 0 Å². The molecule has 7 heteroatoms. The van der Waals surface area contributed by atoms with E-state index in [9.17, 15) is 8.42 Å². The van der Waals surface area contributed by atoms with Gasteiger partial charge in [0, 0.05) is 6.54 Å². The maximum Gasteiger partial charge on any atom is 0.242 e. The van der Waals surface area contributed by atoms with E-state index in [1.54, 1.807) is 0 Å². The molecule has 0 atom stereocenters. The molecule has 0 bridgehead atoms. The second kappa shape index (κ2) is 6.35. The molecule has 0 heterocycles. The van der Waals surface area contributed by atoms with Gasteiger partial charge in [-0.2, -0.15) is 0 Å². The Bertz CT molecular complexity index is 642. The Morgan fingerprint density at radius 1 is 1.30 bits per heavy atom. The summed E-state index contributed by atoms with van der Waals surface area (Å²) in [5.41, 5.74) is 7.02. The molecule has 2 rings (SSSR count). The standard InChI is InChI=1S/C13H16Cl2N2O2S/c14-10-5-6-11(12(15)13(10)16)20(18,19)17-8-7-9-3-1-2-4-9/h3,5-6,17H,1-2,4,7-8,16H2. The quantitative estimate of drug-likeness (QED) is 0.640. The van der Waals surface area contributed by atoms with Crippen LogP contribution in [0.4, 0.5) is 5.69 Å². The highest BCUT2D eigenvalue weighted by Gasteiger charge is 2.20. The molecule has 0 amide bonds. The molecule has 3 N–H and O–H groups in total. The Balaban J connectivity index is 2.08. The molecular weight excluding hydrogens is 319 g/mol. The average molecular weight is 335 g/mol. The lowest BCUT2D eigenvalue weighted by molar-refractivity contribution is 0.581. The van der Waals surface area contributed by atoms with Crippen LogP contribution >= 0.6 is 23.2 Å². The van der Waals surface area contributed by atoms with Gasteiger partial charge in [-0.3, -0.25) is 0 Å². The van der Waals surface area contributed by atoms with E-state index in [1.165, 1.54) is 17.7 Å². The van der Waals surface area contributed by atoms with Gasteiger partial charge < -0.3 is 5.73 Å². The molecule has 0 radical (unpaired) electrons. The fourth-order valence-corrected chi connectivity index (χ4v) is 3.94. The van der Waals surface area contributed by atoms with Gasteiger partial charge in [-0.05, 0) is 37.8 Å². The molecule has 0 unspecified atom stereocenters. The molecule has 1 aromatic carbocycles. The van der Waals surface area contributed by atoms with E-state index in [2.05, 4.69) is 10.8 Å². The summed E-state index contributed by atoms with van der Waals surface area (Å²) in [5.74, 6) is 0. The Hall–Kier alpha value is -0.750. The maximum absolute atomic E-state index is 12.2. The summed E-state index contributed by atoms with van der Waals surface area (Å²) in [7, 11) is -3.67. The van der Waals surface area contributed by atoms with E-state index >= 15 is 0 Å². The summed E-state index contributed by atoms with van der Waals surface area (Å²) in [5, 5.41) is 0.204. The lowest BCUT2D eigenvalue weighted by Gasteiger charge is -2.10. The topological polar surface area (TPSA) is 72.2 Å². The molecule has 0 spiro atoms. The van der Waals surface area contributed by atoms with Crippen LogP contribution < -0.4 is 10.5 Å². The fraction of sp³-hybridized carbons (Fsp3) is 0.385. The molecule has 0 saturated heterocycles. The summed E-state index contributed by atoms with van der Waals surface area (Å²) in [6, 6.07) is 2.79. The molecule has 4 nitrogen and oxygen atoms in total. The zero-order chi connectivity index (χ0) is 14.8. The third-order valence-corrected chi connectivity index (χ3v) is 5.61. The van der Waals surface area contributed by atoms with Crippen LogP contribution in [0.5, 0.6) is 0 Å². The maximum atomic E-state index is 12.2. The van der Waals surface area contributed by atoms with E-state index < -0.39 is 10.0 Å². The molecule has 20 heavy (non-hydrogen) atoms. The lowest BCUT2D eigenvalue weighted by Crippen LogP contribution is -2.25. The van der Waals surface area contributed by atoms with Gasteiger partial charge in [-0.1, -0.05) is 34.9 Å². The number of nitrogen functional groups attached to an aromatic ring is 1. The zero-order valence-corrected chi connectivity index (χ0v) is 13.2. The molecule has 0 aliphatic heterocycles. The number of nitrogens with two attached hydrogens (primary N) is 1. The lowest BCUT2D eigenvalue weighted by atomic mass is 10.2. The second-order valence-electron chi connectivity index (χ2n) is 4.68. The Morgan fingerprint density at radius 3 is 2.70 bits per heavy atom. The predicted octanol–water partition coefficient (Wildman–Crippen LogP) is 3.35. The van der Waals surface area contributed by atoms with Crippen LogP contribution in [-0.4, -0.2) is 15.0 Å². The molecule has 1 aliphatic carbocycles. The van der Waals surface area contributed by atoms with Gasteiger partial charge in [0.15, 0.2) is 0 Å². The average Bonchev–Trinajstić information content (AvgIpc) is 2.88. The van der Waals surface area contributed by atoms with Crippen LogP contribution in [0.1, 0.15) is 25.7 Å². The Labute approximate surface area is 129 Å². The van der Waals surface area contributed by atoms with Crippen LogP contribution in [0.3, 0.4) is 0 Å². The van der Waals surface area contributed by atoms with Gasteiger partial charge in [0.25, 0.3) is 0 Å². The van der Waals surface area contributed by atoms with Crippen molar-refractivity contribution in [1.82, 2.24) is 4.72 Å². The normalized spacial score (nSPS) is 15.4. The first kappa shape index (κ1) is 15.6. The third kappa shape index (κ3) is 3.47. The monoisotopic (exact) mass is 334 g/mol. The summed E-state index contributed by atoms with van der Waals surface area (Å²) in [6.45, 7) is 0.354. The number of rotatable bonds is 5. The van der Waals surface area contributed by atoms with E-state index in [1.807, 2.05) is 0 Å². The van der Waals surface area contributed by atoms with Gasteiger partial charge in [-0.15, -0.1) is 0 Å². The Kier molecular flexibility index (Phi) is 4.96. The van der Waals surface area contributed by atoms with Crippen LogP contribution in [0, 0.1) is 0 Å². The molecule has 1 aromatic rings. The fourth-order valence-electron chi connectivity index (χ4n) is 2.15. The largest absolute Gasteiger partial charge is 0.396 e. The highest BCUT2D eigenvalue weighted by molar-refractivity contribution is 7.89. The minimum Gasteiger partial charge on any atom is -0.396 e. The first-order valence-corrected chi connectivity index (χ1v) is 8.57. The number of sulfonamides is 1. The van der Waals surface area contributed by atoms with Gasteiger partial charge in [-0.25, -0.2) is 13.1 Å². The van der Waals surface area contributed by atoms with Crippen molar-refractivity contribution in [3.8, 4) is 0 Å². The summed E-state index contributed by atoms with van der Waals surface area (Å²) >= 11 is 11.7. The number of hydrogen-bond acceptors (Lipinski definition) is 3. The molecule has 110 valence electrons. The zero-order valence-electron chi connectivity index (χ0n) is 10.8. The number of allylic oxidation sites excluding steroid dienone is 1. The molecule has 0 saturated carbocycles. The summed E-state index contributed by atoms with van der Waals surface area (Å²) in [6.07, 6.45) is 6.18. The van der Waals surface area contributed by atoms with Crippen molar-refractivity contribution < 1.29 is 8.42 Å². The first-order chi connectivity index (χ1) is 9.42. The van der Waals surface area contributed by atoms with E-state index in [4.69, 9.17) is 28.9 Å². The third-order valence-electron chi connectivity index (χ3n) is 3.25. The number of halogens is 2. The SMILES string of the molecule is Nc1c(Cl)ccc(S(=O)(=O)NCCC2=CCCC2)c1Cl. The molecule has 0 fully saturated rings. The van der Waals surface area contributed by atoms with Crippen molar-refractivity contribution in [2.45, 2.75) is 30.6 Å². The van der Waals surface area contributed by atoms with Crippen molar-refractivity contribution in [3.63, 3.8) is 0 Å². The van der Waals surface area contributed by atoms with Gasteiger partial charge in [0.05, 0.1) is 15.7 Å². The van der Waals surface area contributed by atoms with E-state index in [0.717, 1.165) is 25.7 Å². The number of nitrogens with one attached hydrogen (secondary N) is 1. The van der Waals surface area contributed by atoms with Crippen molar-refractivity contribution >= 4 is 38.9 Å². The predicted molar refractivity (Wildman–Crippen MR) is 82.6 cm³/mol. The summed E-state index contributed by atoms with van der Waals surface area (Å²) < 4.78 is 26.9. The minimum absolute atomic E-state index is 0.0370. The van der Waals surface area contributed by atoms with Crippen molar-refractivity contribution in [1.29, 1.82) is 0 Å². The van der Waals surface area contributed by atoms with E-state index in [-0.39, 0.29) is 20.6 Å². The number of anilines is 1.